The van der Waals surface area contributed by atoms with Crippen LogP contribution in [0.2, 0.25) is 0 Å². The summed E-state index contributed by atoms with van der Waals surface area (Å²) >= 11 is 0. The number of hydrogen-bond donors (Lipinski definition) is 2. The Labute approximate surface area is 135 Å². The Hall–Kier alpha value is -2.62. The Balaban J connectivity index is 1.39. The van der Waals surface area contributed by atoms with Crippen LogP contribution in [0.15, 0.2) is 60.7 Å². The minimum absolute atomic E-state index is 0.000934. The summed E-state index contributed by atoms with van der Waals surface area (Å²) in [5.74, 6) is 0.00187. The molecule has 0 bridgehead atoms. The van der Waals surface area contributed by atoms with E-state index in [1.54, 1.807) is 0 Å². The van der Waals surface area contributed by atoms with E-state index >= 15 is 0 Å². The molecule has 2 N–H and O–H groups in total. The fourth-order valence-corrected chi connectivity index (χ4v) is 2.59. The maximum atomic E-state index is 12.0. The summed E-state index contributed by atoms with van der Waals surface area (Å²) in [6, 6.07) is 19.4. The van der Waals surface area contributed by atoms with Crippen molar-refractivity contribution in [1.29, 1.82) is 0 Å². The van der Waals surface area contributed by atoms with Crippen LogP contribution in [0.1, 0.15) is 17.5 Å². The molecule has 3 rings (SSSR count). The third-order valence-corrected chi connectivity index (χ3v) is 3.90. The van der Waals surface area contributed by atoms with Crippen molar-refractivity contribution in [3.05, 3.63) is 71.8 Å². The van der Waals surface area contributed by atoms with Gasteiger partial charge in [-0.3, -0.25) is 9.59 Å². The molecule has 0 spiro atoms. The van der Waals surface area contributed by atoms with E-state index < -0.39 is 0 Å². The van der Waals surface area contributed by atoms with Crippen molar-refractivity contribution in [2.45, 2.75) is 31.3 Å². The lowest BCUT2D eigenvalue weighted by molar-refractivity contribution is -0.122. The third kappa shape index (κ3) is 4.68. The SMILES string of the molecule is O=C(Cc1ccccc1)N[C@@H]1C[C@H]1NC(=O)Cc1ccccc1. The number of nitrogens with one attached hydrogen (secondary N) is 2. The second-order valence-electron chi connectivity index (χ2n) is 5.91. The molecule has 23 heavy (non-hydrogen) atoms. The number of carbonyl (C=O) groups is 2. The number of carbonyl (C=O) groups excluding carboxylic acids is 2. The topological polar surface area (TPSA) is 58.2 Å². The molecule has 0 radical (unpaired) electrons. The van der Waals surface area contributed by atoms with Gasteiger partial charge >= 0.3 is 0 Å². The molecule has 4 nitrogen and oxygen atoms in total. The zero-order valence-electron chi connectivity index (χ0n) is 12.9. The molecule has 0 unspecified atom stereocenters. The van der Waals surface area contributed by atoms with E-state index in [9.17, 15) is 9.59 Å². The monoisotopic (exact) mass is 308 g/mol. The number of amides is 2. The first-order valence-corrected chi connectivity index (χ1v) is 7.87. The normalized spacial score (nSPS) is 19.0. The van der Waals surface area contributed by atoms with Gasteiger partial charge in [0, 0.05) is 0 Å². The summed E-state index contributed by atoms with van der Waals surface area (Å²) in [6.45, 7) is 0. The van der Waals surface area contributed by atoms with Gasteiger partial charge in [-0.05, 0) is 17.5 Å². The van der Waals surface area contributed by atoms with Crippen LogP contribution >= 0.6 is 0 Å². The molecular weight excluding hydrogens is 288 g/mol. The van der Waals surface area contributed by atoms with Crippen LogP contribution < -0.4 is 10.6 Å². The lowest BCUT2D eigenvalue weighted by Crippen LogP contribution is -2.35. The number of benzene rings is 2. The molecule has 2 atom stereocenters. The maximum absolute atomic E-state index is 12.0. The third-order valence-electron chi connectivity index (χ3n) is 3.90. The van der Waals surface area contributed by atoms with Gasteiger partial charge in [0.05, 0.1) is 24.9 Å². The Morgan fingerprint density at radius 1 is 0.739 bits per heavy atom. The second-order valence-corrected chi connectivity index (χ2v) is 5.91. The first-order chi connectivity index (χ1) is 11.2. The summed E-state index contributed by atoms with van der Waals surface area (Å²) in [6.07, 6.45) is 1.56. The highest BCUT2D eigenvalue weighted by atomic mass is 16.2. The summed E-state index contributed by atoms with van der Waals surface area (Å²) in [5, 5.41) is 5.94. The van der Waals surface area contributed by atoms with Crippen LogP contribution in [-0.4, -0.2) is 23.9 Å². The van der Waals surface area contributed by atoms with E-state index in [1.807, 2.05) is 60.7 Å². The maximum Gasteiger partial charge on any atom is 0.224 e. The van der Waals surface area contributed by atoms with Crippen molar-refractivity contribution in [1.82, 2.24) is 10.6 Å². The Morgan fingerprint density at radius 2 is 1.13 bits per heavy atom. The molecule has 118 valence electrons. The van der Waals surface area contributed by atoms with Crippen molar-refractivity contribution >= 4 is 11.8 Å². The van der Waals surface area contributed by atoms with Crippen LogP contribution in [0.3, 0.4) is 0 Å². The first-order valence-electron chi connectivity index (χ1n) is 7.87. The molecule has 1 aliphatic rings. The van der Waals surface area contributed by atoms with Crippen LogP contribution in [0.25, 0.3) is 0 Å². The molecule has 0 aromatic heterocycles. The van der Waals surface area contributed by atoms with Crippen molar-refractivity contribution in [2.75, 3.05) is 0 Å². The molecule has 2 amide bonds. The average Bonchev–Trinajstić information content (AvgIpc) is 3.26. The van der Waals surface area contributed by atoms with Crippen LogP contribution in [0.5, 0.6) is 0 Å². The van der Waals surface area contributed by atoms with Gasteiger partial charge in [-0.25, -0.2) is 0 Å². The van der Waals surface area contributed by atoms with Gasteiger partial charge in [-0.1, -0.05) is 60.7 Å². The van der Waals surface area contributed by atoms with E-state index in [0.717, 1.165) is 17.5 Å². The molecule has 4 heteroatoms. The molecule has 2 aromatic rings. The fourth-order valence-electron chi connectivity index (χ4n) is 2.59. The lowest BCUT2D eigenvalue weighted by atomic mass is 10.1. The largest absolute Gasteiger partial charge is 0.351 e. The summed E-state index contributed by atoms with van der Waals surface area (Å²) < 4.78 is 0. The quantitative estimate of drug-likeness (QED) is 0.855. The molecule has 2 aromatic carbocycles. The van der Waals surface area contributed by atoms with E-state index in [4.69, 9.17) is 0 Å². The Kier molecular flexibility index (Phi) is 4.71. The van der Waals surface area contributed by atoms with Crippen molar-refractivity contribution in [2.24, 2.45) is 0 Å². The Morgan fingerprint density at radius 3 is 1.52 bits per heavy atom. The van der Waals surface area contributed by atoms with Gasteiger partial charge in [-0.2, -0.15) is 0 Å². The van der Waals surface area contributed by atoms with Crippen LogP contribution in [-0.2, 0) is 22.4 Å². The van der Waals surface area contributed by atoms with Crippen LogP contribution in [0.4, 0.5) is 0 Å². The highest BCUT2D eigenvalue weighted by Gasteiger charge is 2.39. The zero-order valence-corrected chi connectivity index (χ0v) is 12.9. The van der Waals surface area contributed by atoms with Gasteiger partial charge in [0.2, 0.25) is 11.8 Å². The van der Waals surface area contributed by atoms with Gasteiger partial charge < -0.3 is 10.6 Å². The van der Waals surface area contributed by atoms with Gasteiger partial charge in [0.1, 0.15) is 0 Å². The molecule has 1 saturated carbocycles. The second kappa shape index (κ2) is 7.09. The molecular formula is C19H20N2O2. The van der Waals surface area contributed by atoms with Gasteiger partial charge in [0.15, 0.2) is 0 Å². The predicted molar refractivity (Wildman–Crippen MR) is 88.8 cm³/mol. The molecule has 0 heterocycles. The van der Waals surface area contributed by atoms with E-state index in [2.05, 4.69) is 10.6 Å². The minimum Gasteiger partial charge on any atom is -0.351 e. The van der Waals surface area contributed by atoms with Crippen molar-refractivity contribution in [3.8, 4) is 0 Å². The summed E-state index contributed by atoms with van der Waals surface area (Å²) in [7, 11) is 0. The Bertz CT molecular complexity index is 611. The molecule has 0 saturated heterocycles. The standard InChI is InChI=1S/C19H20N2O2/c22-18(11-14-7-3-1-4-8-14)20-16-13-17(16)21-19(23)12-15-9-5-2-6-10-15/h1-10,16-17H,11-13H2,(H,20,22)(H,21,23)/t16-,17-/m1/s1. The molecule has 0 aliphatic heterocycles. The highest BCUT2D eigenvalue weighted by molar-refractivity contribution is 5.81. The van der Waals surface area contributed by atoms with Crippen LogP contribution in [0, 0.1) is 0 Å². The van der Waals surface area contributed by atoms with Crippen molar-refractivity contribution in [3.63, 3.8) is 0 Å². The van der Waals surface area contributed by atoms with Gasteiger partial charge in [0.25, 0.3) is 0 Å². The van der Waals surface area contributed by atoms with E-state index in [0.29, 0.717) is 12.8 Å². The smallest absolute Gasteiger partial charge is 0.224 e. The summed E-state index contributed by atoms with van der Waals surface area (Å²) in [5.41, 5.74) is 1.99. The predicted octanol–water partition coefficient (Wildman–Crippen LogP) is 1.85. The fraction of sp³-hybridized carbons (Fsp3) is 0.263. The van der Waals surface area contributed by atoms with Gasteiger partial charge in [-0.15, -0.1) is 0 Å². The number of rotatable bonds is 6. The minimum atomic E-state index is 0.000934. The molecule has 1 aliphatic carbocycles. The van der Waals surface area contributed by atoms with Crippen molar-refractivity contribution < 1.29 is 9.59 Å². The zero-order chi connectivity index (χ0) is 16.1. The van der Waals surface area contributed by atoms with E-state index in [1.165, 1.54) is 0 Å². The van der Waals surface area contributed by atoms with E-state index in [-0.39, 0.29) is 23.9 Å². The molecule has 1 fully saturated rings. The number of hydrogen-bond acceptors (Lipinski definition) is 2. The summed E-state index contributed by atoms with van der Waals surface area (Å²) in [4.78, 5) is 23.9. The first kappa shape index (κ1) is 15.3. The average molecular weight is 308 g/mol. The lowest BCUT2D eigenvalue weighted by Gasteiger charge is -2.07. The highest BCUT2D eigenvalue weighted by Crippen LogP contribution is 2.21.